The summed E-state index contributed by atoms with van der Waals surface area (Å²) >= 11 is 0. The van der Waals surface area contributed by atoms with Gasteiger partial charge in [0.15, 0.2) is 6.10 Å². The van der Waals surface area contributed by atoms with Gasteiger partial charge in [-0.15, -0.1) is 0 Å². The molecule has 0 fully saturated rings. The van der Waals surface area contributed by atoms with Crippen molar-refractivity contribution in [2.45, 2.75) is 46.3 Å². The van der Waals surface area contributed by atoms with Crippen LogP contribution in [0.5, 0.6) is 17.2 Å². The second-order valence-electron chi connectivity index (χ2n) is 7.92. The van der Waals surface area contributed by atoms with Crippen LogP contribution in [-0.4, -0.2) is 12.1 Å². The van der Waals surface area contributed by atoms with Gasteiger partial charge in [0.05, 0.1) is 0 Å². The van der Waals surface area contributed by atoms with Gasteiger partial charge in [-0.3, -0.25) is 0 Å². The molecule has 0 amide bonds. The van der Waals surface area contributed by atoms with E-state index in [1.54, 1.807) is 0 Å². The third kappa shape index (κ3) is 6.35. The molecule has 0 saturated heterocycles. The molecule has 0 aromatic heterocycles. The average Bonchev–Trinajstić information content (AvgIpc) is 2.77. The maximum atomic E-state index is 13.0. The highest BCUT2D eigenvalue weighted by Crippen LogP contribution is 2.29. The molecule has 4 nitrogen and oxygen atoms in total. The van der Waals surface area contributed by atoms with Gasteiger partial charge in [0.25, 0.3) is 0 Å². The molecule has 0 aliphatic rings. The summed E-state index contributed by atoms with van der Waals surface area (Å²) in [5.74, 6) is 1.73. The van der Waals surface area contributed by atoms with Crippen LogP contribution in [0.4, 0.5) is 0 Å². The smallest absolute Gasteiger partial charge is 0.348 e. The van der Waals surface area contributed by atoms with Crippen LogP contribution in [0.15, 0.2) is 78.9 Å². The fraction of sp³-hybridized carbons (Fsp3) is 0.296. The van der Waals surface area contributed by atoms with E-state index in [2.05, 4.69) is 0 Å². The number of rotatable bonds is 9. The Balaban J connectivity index is 1.71. The van der Waals surface area contributed by atoms with Crippen molar-refractivity contribution in [1.82, 2.24) is 0 Å². The highest BCUT2D eigenvalue weighted by molar-refractivity contribution is 5.75. The van der Waals surface area contributed by atoms with E-state index in [1.165, 1.54) is 0 Å². The first-order valence-electron chi connectivity index (χ1n) is 10.7. The number of esters is 1. The van der Waals surface area contributed by atoms with Crippen LogP contribution in [0.1, 0.15) is 44.4 Å². The molecule has 3 aromatic rings. The van der Waals surface area contributed by atoms with E-state index < -0.39 is 6.10 Å². The summed E-state index contributed by atoms with van der Waals surface area (Å²) in [6.07, 6.45) is -0.411. The van der Waals surface area contributed by atoms with Gasteiger partial charge in [-0.2, -0.15) is 0 Å². The van der Waals surface area contributed by atoms with Crippen molar-refractivity contribution >= 4 is 5.97 Å². The molecule has 2 unspecified atom stereocenters. The quantitative estimate of drug-likeness (QED) is 0.355. The molecule has 0 heterocycles. The zero-order valence-electron chi connectivity index (χ0n) is 18.6. The fourth-order valence-electron chi connectivity index (χ4n) is 3.22. The number of carbonyl (C=O) groups excluding carboxylic acids is 1. The third-order valence-electron chi connectivity index (χ3n) is 4.96. The molecule has 0 aliphatic carbocycles. The van der Waals surface area contributed by atoms with Gasteiger partial charge in [0, 0.05) is 5.92 Å². The van der Waals surface area contributed by atoms with E-state index in [0.29, 0.717) is 17.9 Å². The van der Waals surface area contributed by atoms with E-state index in [0.717, 1.165) is 16.9 Å². The zero-order chi connectivity index (χ0) is 22.2. The van der Waals surface area contributed by atoms with Crippen LogP contribution in [0.2, 0.25) is 0 Å². The first-order valence-corrected chi connectivity index (χ1v) is 10.7. The molecule has 3 rings (SSSR count). The molecular formula is C27H30O4. The highest BCUT2D eigenvalue weighted by atomic mass is 16.6. The van der Waals surface area contributed by atoms with Crippen LogP contribution < -0.4 is 9.47 Å². The summed E-state index contributed by atoms with van der Waals surface area (Å²) in [4.78, 5) is 13.0. The fourth-order valence-corrected chi connectivity index (χ4v) is 3.22. The Morgan fingerprint density at radius 2 is 1.52 bits per heavy atom. The molecule has 0 saturated carbocycles. The predicted molar refractivity (Wildman–Crippen MR) is 123 cm³/mol. The molecule has 3 aromatic carbocycles. The lowest BCUT2D eigenvalue weighted by molar-refractivity contribution is -0.160. The molecule has 162 valence electrons. The lowest BCUT2D eigenvalue weighted by Crippen LogP contribution is -2.35. The topological polar surface area (TPSA) is 44.8 Å². The molecule has 0 bridgehead atoms. The standard InChI is InChI=1S/C27H30O4/c1-5-25(21-10-9-13-24(18-21)29-22-11-7-6-8-12-22)31-27(28)26(19(2)3)30-23-16-14-20(4)15-17-23/h6-19,25-26H,5H2,1-4H3. The summed E-state index contributed by atoms with van der Waals surface area (Å²) in [5, 5.41) is 0. The Bertz CT molecular complexity index is 964. The van der Waals surface area contributed by atoms with Crippen LogP contribution in [-0.2, 0) is 9.53 Å². The normalized spacial score (nSPS) is 12.8. The monoisotopic (exact) mass is 418 g/mol. The Morgan fingerprint density at radius 1 is 0.839 bits per heavy atom. The molecule has 31 heavy (non-hydrogen) atoms. The molecule has 0 spiro atoms. The number of carbonyl (C=O) groups is 1. The summed E-state index contributed by atoms with van der Waals surface area (Å²) in [6.45, 7) is 7.91. The predicted octanol–water partition coefficient (Wildman–Crippen LogP) is 6.89. The van der Waals surface area contributed by atoms with Gasteiger partial charge >= 0.3 is 5.97 Å². The van der Waals surface area contributed by atoms with E-state index in [-0.39, 0.29) is 18.0 Å². The van der Waals surface area contributed by atoms with Crippen LogP contribution in [0.3, 0.4) is 0 Å². The molecule has 4 heteroatoms. The van der Waals surface area contributed by atoms with Gasteiger partial charge in [0.1, 0.15) is 23.4 Å². The maximum Gasteiger partial charge on any atom is 0.348 e. The summed E-state index contributed by atoms with van der Waals surface area (Å²) < 4.78 is 17.8. The summed E-state index contributed by atoms with van der Waals surface area (Å²) in [6, 6.07) is 24.9. The van der Waals surface area contributed by atoms with Gasteiger partial charge in [-0.25, -0.2) is 4.79 Å². The summed E-state index contributed by atoms with van der Waals surface area (Å²) in [7, 11) is 0. The highest BCUT2D eigenvalue weighted by Gasteiger charge is 2.28. The largest absolute Gasteiger partial charge is 0.478 e. The van der Waals surface area contributed by atoms with Crippen molar-refractivity contribution in [3.05, 3.63) is 90.0 Å². The Labute approximate surface area is 184 Å². The van der Waals surface area contributed by atoms with Gasteiger partial charge in [-0.1, -0.05) is 68.8 Å². The first kappa shape index (κ1) is 22.4. The molecule has 2 atom stereocenters. The van der Waals surface area contributed by atoms with E-state index >= 15 is 0 Å². The summed E-state index contributed by atoms with van der Waals surface area (Å²) in [5.41, 5.74) is 2.03. The molecule has 0 N–H and O–H groups in total. The van der Waals surface area contributed by atoms with Crippen molar-refractivity contribution in [2.75, 3.05) is 0 Å². The van der Waals surface area contributed by atoms with Crippen molar-refractivity contribution in [1.29, 1.82) is 0 Å². The average molecular weight is 419 g/mol. The number of benzene rings is 3. The SMILES string of the molecule is CCC(OC(=O)C(Oc1ccc(C)cc1)C(C)C)c1cccc(Oc2ccccc2)c1. The van der Waals surface area contributed by atoms with Crippen molar-refractivity contribution < 1.29 is 19.0 Å². The Hall–Kier alpha value is -3.27. The van der Waals surface area contributed by atoms with Crippen molar-refractivity contribution in [2.24, 2.45) is 5.92 Å². The molecule has 0 radical (unpaired) electrons. The van der Waals surface area contributed by atoms with Crippen molar-refractivity contribution in [3.8, 4) is 17.2 Å². The second kappa shape index (κ2) is 10.7. The van der Waals surface area contributed by atoms with Gasteiger partial charge in [-0.05, 0) is 55.3 Å². The van der Waals surface area contributed by atoms with Crippen molar-refractivity contribution in [3.63, 3.8) is 0 Å². The molecular weight excluding hydrogens is 388 g/mol. The Morgan fingerprint density at radius 3 is 2.16 bits per heavy atom. The number of ether oxygens (including phenoxy) is 3. The minimum Gasteiger partial charge on any atom is -0.478 e. The van der Waals surface area contributed by atoms with E-state index in [4.69, 9.17) is 14.2 Å². The van der Waals surface area contributed by atoms with E-state index in [1.807, 2.05) is 107 Å². The maximum absolute atomic E-state index is 13.0. The minimum atomic E-state index is -0.680. The van der Waals surface area contributed by atoms with Crippen LogP contribution in [0, 0.1) is 12.8 Å². The number of hydrogen-bond donors (Lipinski definition) is 0. The van der Waals surface area contributed by atoms with Crippen LogP contribution >= 0.6 is 0 Å². The Kier molecular flexibility index (Phi) is 7.71. The molecule has 0 aliphatic heterocycles. The first-order chi connectivity index (χ1) is 15.0. The van der Waals surface area contributed by atoms with Gasteiger partial charge < -0.3 is 14.2 Å². The third-order valence-corrected chi connectivity index (χ3v) is 4.96. The van der Waals surface area contributed by atoms with E-state index in [9.17, 15) is 4.79 Å². The number of para-hydroxylation sites is 1. The number of hydrogen-bond acceptors (Lipinski definition) is 4. The van der Waals surface area contributed by atoms with Gasteiger partial charge in [0.2, 0.25) is 0 Å². The minimum absolute atomic E-state index is 0.0287. The second-order valence-corrected chi connectivity index (χ2v) is 7.92. The van der Waals surface area contributed by atoms with Crippen LogP contribution in [0.25, 0.3) is 0 Å². The number of aryl methyl sites for hydroxylation is 1. The zero-order valence-corrected chi connectivity index (χ0v) is 18.6. The lowest BCUT2D eigenvalue weighted by atomic mass is 10.1. The lowest BCUT2D eigenvalue weighted by Gasteiger charge is -2.24.